The summed E-state index contributed by atoms with van der Waals surface area (Å²) >= 11 is 0. The van der Waals surface area contributed by atoms with Gasteiger partial charge in [-0.3, -0.25) is 19.3 Å². The second kappa shape index (κ2) is 11.6. The van der Waals surface area contributed by atoms with E-state index in [-0.39, 0.29) is 29.5 Å². The summed E-state index contributed by atoms with van der Waals surface area (Å²) < 4.78 is 11.2. The van der Waals surface area contributed by atoms with Crippen LogP contribution in [0.1, 0.15) is 46.8 Å². The Morgan fingerprint density at radius 1 is 1.05 bits per heavy atom. The van der Waals surface area contributed by atoms with Crippen LogP contribution in [-0.4, -0.2) is 42.4 Å². The molecule has 0 saturated carbocycles. The highest BCUT2D eigenvalue weighted by atomic mass is 16.5. The number of carbonyl (C=O) groups is 3. The number of carbonyl (C=O) groups excluding carboxylic acids is 3. The molecule has 0 N–H and O–H groups in total. The number of hydrogen-bond acceptors (Lipinski definition) is 5. The first-order chi connectivity index (χ1) is 18.9. The van der Waals surface area contributed by atoms with E-state index >= 15 is 0 Å². The van der Waals surface area contributed by atoms with Gasteiger partial charge in [0.2, 0.25) is 0 Å². The normalized spacial score (nSPS) is 17.9. The van der Waals surface area contributed by atoms with Crippen LogP contribution >= 0.6 is 0 Å². The van der Waals surface area contributed by atoms with Crippen LogP contribution < -0.4 is 9.64 Å². The number of rotatable bonds is 6. The maximum absolute atomic E-state index is 13.5. The first-order valence-electron chi connectivity index (χ1n) is 13.3. The monoisotopic (exact) mass is 524 g/mol. The van der Waals surface area contributed by atoms with Gasteiger partial charge >= 0.3 is 5.97 Å². The molecule has 2 heterocycles. The number of fused-ring (bicyclic) bond motifs is 1. The number of amides is 2. The molecular formula is C32H32N2O5. The third kappa shape index (κ3) is 5.87. The van der Waals surface area contributed by atoms with Crippen molar-refractivity contribution in [1.29, 1.82) is 0 Å². The molecule has 39 heavy (non-hydrogen) atoms. The summed E-state index contributed by atoms with van der Waals surface area (Å²) in [6, 6.07) is 22.7. The zero-order valence-electron chi connectivity index (χ0n) is 22.3. The second-order valence-corrected chi connectivity index (χ2v) is 9.92. The molecule has 2 aliphatic rings. The van der Waals surface area contributed by atoms with Gasteiger partial charge in [-0.25, -0.2) is 0 Å². The summed E-state index contributed by atoms with van der Waals surface area (Å²) in [5, 5.41) is 0. The third-order valence-corrected chi connectivity index (χ3v) is 7.04. The van der Waals surface area contributed by atoms with Gasteiger partial charge in [0.25, 0.3) is 11.8 Å². The molecule has 0 aliphatic carbocycles. The van der Waals surface area contributed by atoms with Gasteiger partial charge in [0.05, 0.1) is 24.8 Å². The standard InChI is InChI=1S/C32H32N2O5/c1-3-38-32(37)26-10-7-17-33(21-26)30(35)25-15-13-23(14-16-25)19-29-31(36)34(20-24-9-6-8-22(2)18-24)27-11-4-5-12-28(27)39-29/h4-6,8-9,11-16,18-19,26H,3,7,10,17,20-21H2,1-2H3/b29-19+. The van der Waals surface area contributed by atoms with Crippen LogP contribution in [-0.2, 0) is 20.9 Å². The highest BCUT2D eigenvalue weighted by Gasteiger charge is 2.31. The molecule has 3 aromatic carbocycles. The molecule has 7 heteroatoms. The van der Waals surface area contributed by atoms with Gasteiger partial charge in [-0.05, 0) is 68.2 Å². The lowest BCUT2D eigenvalue weighted by atomic mass is 9.97. The fourth-order valence-electron chi connectivity index (χ4n) is 5.08. The highest BCUT2D eigenvalue weighted by Crippen LogP contribution is 2.36. The van der Waals surface area contributed by atoms with E-state index in [0.717, 1.165) is 35.2 Å². The largest absolute Gasteiger partial charge is 0.466 e. The Hall–Kier alpha value is -4.39. The van der Waals surface area contributed by atoms with Crippen molar-refractivity contribution >= 4 is 29.5 Å². The summed E-state index contributed by atoms with van der Waals surface area (Å²) in [5.41, 5.74) is 4.17. The smallest absolute Gasteiger partial charge is 0.310 e. The number of ether oxygens (including phenoxy) is 2. The maximum Gasteiger partial charge on any atom is 0.310 e. The van der Waals surface area contributed by atoms with E-state index in [1.165, 1.54) is 0 Å². The molecule has 200 valence electrons. The molecule has 1 fully saturated rings. The SMILES string of the molecule is CCOC(=O)C1CCCN(C(=O)c2ccc(/C=C3/Oc4ccccc4N(Cc4cccc(C)c4)C3=O)cc2)C1. The van der Waals surface area contributed by atoms with E-state index in [1.54, 1.807) is 47.1 Å². The Kier molecular flexibility index (Phi) is 7.77. The van der Waals surface area contributed by atoms with Crippen molar-refractivity contribution in [2.75, 3.05) is 24.6 Å². The fraction of sp³-hybridized carbons (Fsp3) is 0.281. The zero-order valence-corrected chi connectivity index (χ0v) is 22.3. The number of benzene rings is 3. The van der Waals surface area contributed by atoms with Crippen LogP contribution in [0.4, 0.5) is 5.69 Å². The molecule has 2 amide bonds. The lowest BCUT2D eigenvalue weighted by Crippen LogP contribution is -2.42. The number of nitrogens with zero attached hydrogens (tertiary/aromatic N) is 2. The van der Waals surface area contributed by atoms with Crippen LogP contribution in [0.15, 0.2) is 78.6 Å². The van der Waals surface area contributed by atoms with Gasteiger partial charge in [0.15, 0.2) is 11.5 Å². The molecule has 5 rings (SSSR count). The fourth-order valence-corrected chi connectivity index (χ4v) is 5.08. The number of esters is 1. The third-order valence-electron chi connectivity index (χ3n) is 7.04. The average molecular weight is 525 g/mol. The van der Waals surface area contributed by atoms with E-state index < -0.39 is 0 Å². The van der Waals surface area contributed by atoms with E-state index in [1.807, 2.05) is 49.4 Å². The molecule has 1 atom stereocenters. The lowest BCUT2D eigenvalue weighted by Gasteiger charge is -2.31. The molecule has 0 radical (unpaired) electrons. The van der Waals surface area contributed by atoms with Crippen LogP contribution in [0.5, 0.6) is 5.75 Å². The second-order valence-electron chi connectivity index (χ2n) is 9.92. The number of anilines is 1. The molecule has 1 unspecified atom stereocenters. The van der Waals surface area contributed by atoms with Crippen molar-refractivity contribution in [2.24, 2.45) is 5.92 Å². The predicted octanol–water partition coefficient (Wildman–Crippen LogP) is 5.38. The molecule has 3 aromatic rings. The topological polar surface area (TPSA) is 76.2 Å². The Balaban J connectivity index is 1.34. The Morgan fingerprint density at radius 2 is 1.85 bits per heavy atom. The molecule has 2 aliphatic heterocycles. The van der Waals surface area contributed by atoms with E-state index in [9.17, 15) is 14.4 Å². The zero-order chi connectivity index (χ0) is 27.4. The van der Waals surface area contributed by atoms with Gasteiger partial charge in [-0.15, -0.1) is 0 Å². The summed E-state index contributed by atoms with van der Waals surface area (Å²) in [6.45, 7) is 5.55. The number of para-hydroxylation sites is 2. The Morgan fingerprint density at radius 3 is 2.62 bits per heavy atom. The van der Waals surface area contributed by atoms with Crippen molar-refractivity contribution in [3.8, 4) is 5.75 Å². The van der Waals surface area contributed by atoms with Crippen molar-refractivity contribution < 1.29 is 23.9 Å². The summed E-state index contributed by atoms with van der Waals surface area (Å²) in [5.74, 6) is -0.0446. The summed E-state index contributed by atoms with van der Waals surface area (Å²) in [6.07, 6.45) is 3.19. The van der Waals surface area contributed by atoms with E-state index in [2.05, 4.69) is 6.07 Å². The quantitative estimate of drug-likeness (QED) is 0.320. The van der Waals surface area contributed by atoms with Crippen molar-refractivity contribution in [2.45, 2.75) is 33.2 Å². The summed E-state index contributed by atoms with van der Waals surface area (Å²) in [4.78, 5) is 42.3. The van der Waals surface area contributed by atoms with Gasteiger partial charge < -0.3 is 14.4 Å². The lowest BCUT2D eigenvalue weighted by molar-refractivity contribution is -0.149. The number of hydrogen-bond donors (Lipinski definition) is 0. The first kappa shape index (κ1) is 26.2. The van der Waals surface area contributed by atoms with Gasteiger partial charge in [0, 0.05) is 18.7 Å². The first-order valence-corrected chi connectivity index (χ1v) is 13.3. The van der Waals surface area contributed by atoms with Crippen LogP contribution in [0.25, 0.3) is 6.08 Å². The molecule has 0 bridgehead atoms. The maximum atomic E-state index is 13.5. The van der Waals surface area contributed by atoms with Crippen molar-refractivity contribution in [3.63, 3.8) is 0 Å². The van der Waals surface area contributed by atoms with Gasteiger partial charge in [0.1, 0.15) is 0 Å². The average Bonchev–Trinajstić information content (AvgIpc) is 2.95. The highest BCUT2D eigenvalue weighted by molar-refractivity contribution is 6.09. The minimum atomic E-state index is -0.285. The van der Waals surface area contributed by atoms with Crippen LogP contribution in [0.2, 0.25) is 0 Å². The Bertz CT molecular complexity index is 1410. The summed E-state index contributed by atoms with van der Waals surface area (Å²) in [7, 11) is 0. The van der Waals surface area contributed by atoms with Crippen LogP contribution in [0, 0.1) is 12.8 Å². The number of piperidine rings is 1. The van der Waals surface area contributed by atoms with Gasteiger partial charge in [-0.1, -0.05) is 54.1 Å². The molecule has 0 spiro atoms. The van der Waals surface area contributed by atoms with E-state index in [4.69, 9.17) is 9.47 Å². The van der Waals surface area contributed by atoms with Crippen molar-refractivity contribution in [1.82, 2.24) is 4.90 Å². The Labute approximate surface area is 228 Å². The molecule has 7 nitrogen and oxygen atoms in total. The van der Waals surface area contributed by atoms with E-state index in [0.29, 0.717) is 37.6 Å². The molecule has 1 saturated heterocycles. The molecule has 0 aromatic heterocycles. The minimum absolute atomic E-state index is 0.119. The minimum Gasteiger partial charge on any atom is -0.466 e. The molecular weight excluding hydrogens is 492 g/mol. The van der Waals surface area contributed by atoms with Crippen LogP contribution in [0.3, 0.4) is 0 Å². The number of aryl methyl sites for hydroxylation is 1. The van der Waals surface area contributed by atoms with Crippen molar-refractivity contribution in [3.05, 3.63) is 101 Å². The van der Waals surface area contributed by atoms with Gasteiger partial charge in [-0.2, -0.15) is 0 Å². The predicted molar refractivity (Wildman–Crippen MR) is 149 cm³/mol. The number of likely N-dealkylation sites (tertiary alicyclic amines) is 1.